The van der Waals surface area contributed by atoms with Gasteiger partial charge in [-0.3, -0.25) is 4.79 Å². The standard InChI is InChI=1S/C15H13ClN2O3/c1-18(11-6-3-2-4-7-11)13(19)10-21-15(20)12-8-5-9-17-14(12)16/h2-9H,10H2,1H3. The monoisotopic (exact) mass is 304 g/mol. The Morgan fingerprint density at radius 1 is 1.19 bits per heavy atom. The summed E-state index contributed by atoms with van der Waals surface area (Å²) >= 11 is 5.79. The molecule has 0 saturated heterocycles. The van der Waals surface area contributed by atoms with Gasteiger partial charge in [-0.05, 0) is 24.3 Å². The molecule has 0 N–H and O–H groups in total. The molecule has 5 nitrogen and oxygen atoms in total. The van der Waals surface area contributed by atoms with Crippen molar-refractivity contribution >= 4 is 29.2 Å². The molecule has 0 bridgehead atoms. The maximum atomic E-state index is 12.0. The zero-order chi connectivity index (χ0) is 15.2. The summed E-state index contributed by atoms with van der Waals surface area (Å²) in [7, 11) is 1.61. The van der Waals surface area contributed by atoms with Crippen molar-refractivity contribution in [2.45, 2.75) is 0 Å². The van der Waals surface area contributed by atoms with Crippen molar-refractivity contribution in [3.8, 4) is 0 Å². The fourth-order valence-electron chi connectivity index (χ4n) is 1.64. The van der Waals surface area contributed by atoms with Gasteiger partial charge in [-0.1, -0.05) is 29.8 Å². The van der Waals surface area contributed by atoms with Crippen LogP contribution in [0.4, 0.5) is 5.69 Å². The molecular formula is C15H13ClN2O3. The van der Waals surface area contributed by atoms with E-state index in [1.807, 2.05) is 18.2 Å². The summed E-state index contributed by atoms with van der Waals surface area (Å²) in [6.07, 6.45) is 1.47. The Morgan fingerprint density at radius 3 is 2.57 bits per heavy atom. The molecule has 0 aliphatic carbocycles. The summed E-state index contributed by atoms with van der Waals surface area (Å²) in [5, 5.41) is 0.0476. The van der Waals surface area contributed by atoms with E-state index in [1.54, 1.807) is 25.2 Å². The highest BCUT2D eigenvalue weighted by Gasteiger charge is 2.16. The van der Waals surface area contributed by atoms with Crippen LogP contribution in [-0.2, 0) is 9.53 Å². The Morgan fingerprint density at radius 2 is 1.90 bits per heavy atom. The number of halogens is 1. The second kappa shape index (κ2) is 6.85. The van der Waals surface area contributed by atoms with Gasteiger partial charge in [0.15, 0.2) is 6.61 Å². The Bertz CT molecular complexity index is 646. The second-order valence-electron chi connectivity index (χ2n) is 4.21. The topological polar surface area (TPSA) is 59.5 Å². The Hall–Kier alpha value is -2.40. The summed E-state index contributed by atoms with van der Waals surface area (Å²) in [4.78, 5) is 29.0. The summed E-state index contributed by atoms with van der Waals surface area (Å²) in [6.45, 7) is -0.366. The molecule has 21 heavy (non-hydrogen) atoms. The SMILES string of the molecule is CN(C(=O)COC(=O)c1cccnc1Cl)c1ccccc1. The van der Waals surface area contributed by atoms with E-state index in [9.17, 15) is 9.59 Å². The third-order valence-electron chi connectivity index (χ3n) is 2.82. The smallest absolute Gasteiger partial charge is 0.341 e. The second-order valence-corrected chi connectivity index (χ2v) is 4.56. The molecule has 0 aliphatic heterocycles. The molecule has 1 aromatic heterocycles. The largest absolute Gasteiger partial charge is 0.452 e. The van der Waals surface area contributed by atoms with E-state index in [0.717, 1.165) is 5.69 Å². The van der Waals surface area contributed by atoms with Crippen molar-refractivity contribution in [3.63, 3.8) is 0 Å². The highest BCUT2D eigenvalue weighted by atomic mass is 35.5. The maximum Gasteiger partial charge on any atom is 0.341 e. The maximum absolute atomic E-state index is 12.0. The lowest BCUT2D eigenvalue weighted by Gasteiger charge is -2.17. The molecule has 108 valence electrons. The van der Waals surface area contributed by atoms with Crippen LogP contribution in [0, 0.1) is 0 Å². The molecule has 0 fully saturated rings. The van der Waals surface area contributed by atoms with E-state index in [1.165, 1.54) is 17.2 Å². The van der Waals surface area contributed by atoms with Gasteiger partial charge in [-0.25, -0.2) is 9.78 Å². The number of aromatic nitrogens is 1. The molecular weight excluding hydrogens is 292 g/mol. The fourth-order valence-corrected chi connectivity index (χ4v) is 1.83. The van der Waals surface area contributed by atoms with Crippen molar-refractivity contribution in [2.24, 2.45) is 0 Å². The molecule has 0 atom stereocenters. The van der Waals surface area contributed by atoms with Crippen molar-refractivity contribution in [3.05, 3.63) is 59.4 Å². The van der Waals surface area contributed by atoms with Gasteiger partial charge in [0.1, 0.15) is 5.15 Å². The van der Waals surface area contributed by atoms with Gasteiger partial charge < -0.3 is 9.64 Å². The summed E-state index contributed by atoms with van der Waals surface area (Å²) in [6, 6.07) is 12.1. The summed E-state index contributed by atoms with van der Waals surface area (Å²) in [5.74, 6) is -1.02. The number of pyridine rings is 1. The number of hydrogen-bond donors (Lipinski definition) is 0. The van der Waals surface area contributed by atoms with Crippen molar-refractivity contribution in [2.75, 3.05) is 18.6 Å². The number of anilines is 1. The number of carbonyl (C=O) groups is 2. The van der Waals surface area contributed by atoms with Crippen molar-refractivity contribution in [1.29, 1.82) is 0 Å². The van der Waals surface area contributed by atoms with Crippen LogP contribution in [0.15, 0.2) is 48.7 Å². The molecule has 0 saturated carbocycles. The first-order chi connectivity index (χ1) is 10.1. The average Bonchev–Trinajstić information content (AvgIpc) is 2.52. The van der Waals surface area contributed by atoms with E-state index in [-0.39, 0.29) is 23.2 Å². The first kappa shape index (κ1) is 15.0. The first-order valence-electron chi connectivity index (χ1n) is 6.19. The molecule has 1 aromatic carbocycles. The van der Waals surface area contributed by atoms with E-state index in [2.05, 4.69) is 4.98 Å². The Labute approximate surface area is 127 Å². The lowest BCUT2D eigenvalue weighted by atomic mass is 10.3. The van der Waals surface area contributed by atoms with Crippen LogP contribution in [0.3, 0.4) is 0 Å². The summed E-state index contributed by atoms with van der Waals surface area (Å²) in [5.41, 5.74) is 0.854. The van der Waals surface area contributed by atoms with Gasteiger partial charge >= 0.3 is 5.97 Å². The first-order valence-corrected chi connectivity index (χ1v) is 6.56. The molecule has 1 amide bonds. The normalized spacial score (nSPS) is 10.0. The predicted octanol–water partition coefficient (Wildman–Crippen LogP) is 2.55. The lowest BCUT2D eigenvalue weighted by Crippen LogP contribution is -2.31. The Balaban J connectivity index is 1.95. The van der Waals surface area contributed by atoms with Gasteiger partial charge in [0.05, 0.1) is 5.56 Å². The highest BCUT2D eigenvalue weighted by molar-refractivity contribution is 6.32. The van der Waals surface area contributed by atoms with E-state index < -0.39 is 5.97 Å². The van der Waals surface area contributed by atoms with Crippen LogP contribution in [0.2, 0.25) is 5.15 Å². The highest BCUT2D eigenvalue weighted by Crippen LogP contribution is 2.14. The molecule has 0 aliphatic rings. The number of rotatable bonds is 4. The number of hydrogen-bond acceptors (Lipinski definition) is 4. The molecule has 0 radical (unpaired) electrons. The number of likely N-dealkylation sites (N-methyl/N-ethyl adjacent to an activating group) is 1. The molecule has 0 spiro atoms. The van der Waals surface area contributed by atoms with Gasteiger partial charge in [0.25, 0.3) is 5.91 Å². The average molecular weight is 305 g/mol. The third kappa shape index (κ3) is 3.79. The Kier molecular flexibility index (Phi) is 4.90. The van der Waals surface area contributed by atoms with Crippen LogP contribution >= 0.6 is 11.6 Å². The minimum absolute atomic E-state index is 0.0476. The van der Waals surface area contributed by atoms with Crippen molar-refractivity contribution in [1.82, 2.24) is 4.98 Å². The number of ether oxygens (including phenoxy) is 1. The molecule has 6 heteroatoms. The van der Waals surface area contributed by atoms with Crippen LogP contribution in [-0.4, -0.2) is 30.5 Å². The quantitative estimate of drug-likeness (QED) is 0.643. The van der Waals surface area contributed by atoms with Crippen LogP contribution in [0.1, 0.15) is 10.4 Å². The molecule has 0 unspecified atom stereocenters. The van der Waals surface area contributed by atoms with Crippen LogP contribution in [0.25, 0.3) is 0 Å². The number of amides is 1. The molecule has 2 aromatic rings. The van der Waals surface area contributed by atoms with Crippen LogP contribution < -0.4 is 4.90 Å². The van der Waals surface area contributed by atoms with Crippen LogP contribution in [0.5, 0.6) is 0 Å². The van der Waals surface area contributed by atoms with Gasteiger partial charge in [-0.2, -0.15) is 0 Å². The minimum Gasteiger partial charge on any atom is -0.452 e. The molecule has 1 heterocycles. The van der Waals surface area contributed by atoms with E-state index in [0.29, 0.717) is 0 Å². The number of nitrogens with zero attached hydrogens (tertiary/aromatic N) is 2. The third-order valence-corrected chi connectivity index (χ3v) is 3.12. The zero-order valence-electron chi connectivity index (χ0n) is 11.3. The number of benzene rings is 1. The van der Waals surface area contributed by atoms with E-state index >= 15 is 0 Å². The number of carbonyl (C=O) groups excluding carboxylic acids is 2. The van der Waals surface area contributed by atoms with Gasteiger partial charge in [0, 0.05) is 18.9 Å². The lowest BCUT2D eigenvalue weighted by molar-refractivity contribution is -0.121. The minimum atomic E-state index is -0.678. The van der Waals surface area contributed by atoms with Crippen molar-refractivity contribution < 1.29 is 14.3 Å². The van der Waals surface area contributed by atoms with E-state index in [4.69, 9.17) is 16.3 Å². The van der Waals surface area contributed by atoms with Gasteiger partial charge in [0.2, 0.25) is 0 Å². The van der Waals surface area contributed by atoms with Gasteiger partial charge in [-0.15, -0.1) is 0 Å². The summed E-state index contributed by atoms with van der Waals surface area (Å²) < 4.78 is 4.96. The predicted molar refractivity (Wildman–Crippen MR) is 79.4 cm³/mol. The number of para-hydroxylation sites is 1. The fraction of sp³-hybridized carbons (Fsp3) is 0.133. The zero-order valence-corrected chi connectivity index (χ0v) is 12.1. The molecule has 2 rings (SSSR count). The number of esters is 1.